The minimum absolute atomic E-state index is 0.109. The van der Waals surface area contributed by atoms with Crippen molar-refractivity contribution in [2.45, 2.75) is 19.9 Å². The molecule has 2 heteroatoms. The molecule has 3 aromatic carbocycles. The molecule has 0 bridgehead atoms. The summed E-state index contributed by atoms with van der Waals surface area (Å²) in [6.07, 6.45) is 3.48. The maximum Gasteiger partial charge on any atom is 0.244 e. The number of aryl methyl sites for hydroxylation is 2. The van der Waals surface area contributed by atoms with Crippen LogP contribution in [0.25, 0.3) is 6.08 Å². The van der Waals surface area contributed by atoms with E-state index in [0.717, 1.165) is 22.3 Å². The van der Waals surface area contributed by atoms with Gasteiger partial charge in [0.2, 0.25) is 5.91 Å². The van der Waals surface area contributed by atoms with Crippen LogP contribution in [0.4, 0.5) is 0 Å². The molecule has 1 amide bonds. The van der Waals surface area contributed by atoms with Crippen LogP contribution in [-0.2, 0) is 4.79 Å². The quantitative estimate of drug-likeness (QED) is 0.633. The summed E-state index contributed by atoms with van der Waals surface area (Å²) >= 11 is 0. The molecule has 0 spiro atoms. The SMILES string of the molecule is Cc1ccc(C=CC(=O)NC(c2ccccc2)c2ccccc2)c(C)c1. The number of carbonyl (C=O) groups is 1. The van der Waals surface area contributed by atoms with Crippen LogP contribution >= 0.6 is 0 Å². The summed E-state index contributed by atoms with van der Waals surface area (Å²) in [6, 6.07) is 26.1. The highest BCUT2D eigenvalue weighted by Gasteiger charge is 2.15. The van der Waals surface area contributed by atoms with Gasteiger partial charge in [0, 0.05) is 6.08 Å². The van der Waals surface area contributed by atoms with Crippen LogP contribution in [0, 0.1) is 13.8 Å². The molecular weight excluding hydrogens is 318 g/mol. The van der Waals surface area contributed by atoms with E-state index in [1.807, 2.05) is 72.8 Å². The number of rotatable bonds is 5. The molecule has 0 unspecified atom stereocenters. The van der Waals surface area contributed by atoms with Gasteiger partial charge in [-0.3, -0.25) is 4.79 Å². The van der Waals surface area contributed by atoms with E-state index in [0.29, 0.717) is 0 Å². The van der Waals surface area contributed by atoms with E-state index in [-0.39, 0.29) is 11.9 Å². The zero-order chi connectivity index (χ0) is 18.4. The molecule has 0 aliphatic rings. The second-order valence-corrected chi connectivity index (χ2v) is 6.46. The first-order valence-electron chi connectivity index (χ1n) is 8.79. The summed E-state index contributed by atoms with van der Waals surface area (Å²) < 4.78 is 0. The van der Waals surface area contributed by atoms with Crippen LogP contribution in [0.15, 0.2) is 84.9 Å². The summed E-state index contributed by atoms with van der Waals surface area (Å²) in [7, 11) is 0. The summed E-state index contributed by atoms with van der Waals surface area (Å²) in [6.45, 7) is 4.12. The molecule has 26 heavy (non-hydrogen) atoms. The molecule has 3 aromatic rings. The number of benzene rings is 3. The second kappa shape index (κ2) is 8.30. The molecule has 0 saturated carbocycles. The highest BCUT2D eigenvalue weighted by molar-refractivity contribution is 5.92. The van der Waals surface area contributed by atoms with Gasteiger partial charge in [0.1, 0.15) is 0 Å². The van der Waals surface area contributed by atoms with Crippen molar-refractivity contribution in [1.82, 2.24) is 5.32 Å². The number of carbonyl (C=O) groups excluding carboxylic acids is 1. The lowest BCUT2D eigenvalue weighted by Gasteiger charge is -2.19. The molecule has 0 atom stereocenters. The van der Waals surface area contributed by atoms with Gasteiger partial charge >= 0.3 is 0 Å². The molecule has 0 aliphatic carbocycles. The molecule has 0 heterocycles. The fraction of sp³-hybridized carbons (Fsp3) is 0.125. The van der Waals surface area contributed by atoms with E-state index in [1.165, 1.54) is 5.56 Å². The van der Waals surface area contributed by atoms with E-state index in [4.69, 9.17) is 0 Å². The Morgan fingerprint density at radius 2 is 1.42 bits per heavy atom. The summed E-state index contributed by atoms with van der Waals surface area (Å²) in [5.41, 5.74) is 5.56. The van der Waals surface area contributed by atoms with Crippen LogP contribution in [-0.4, -0.2) is 5.91 Å². The van der Waals surface area contributed by atoms with Gasteiger partial charge in [-0.15, -0.1) is 0 Å². The fourth-order valence-electron chi connectivity index (χ4n) is 3.02. The highest BCUT2D eigenvalue weighted by Crippen LogP contribution is 2.21. The van der Waals surface area contributed by atoms with Gasteiger partial charge < -0.3 is 5.32 Å². The fourth-order valence-corrected chi connectivity index (χ4v) is 3.02. The van der Waals surface area contributed by atoms with Crippen molar-refractivity contribution in [3.8, 4) is 0 Å². The summed E-state index contributed by atoms with van der Waals surface area (Å²) in [5.74, 6) is -0.109. The Labute approximate surface area is 155 Å². The van der Waals surface area contributed by atoms with Crippen LogP contribution in [0.2, 0.25) is 0 Å². The molecule has 0 aliphatic heterocycles. The first-order chi connectivity index (χ1) is 12.6. The van der Waals surface area contributed by atoms with Gasteiger partial charge in [-0.25, -0.2) is 0 Å². The molecule has 2 nitrogen and oxygen atoms in total. The zero-order valence-corrected chi connectivity index (χ0v) is 15.1. The average Bonchev–Trinajstić information content (AvgIpc) is 2.67. The van der Waals surface area contributed by atoms with Crippen molar-refractivity contribution in [3.63, 3.8) is 0 Å². The van der Waals surface area contributed by atoms with E-state index >= 15 is 0 Å². The third kappa shape index (κ3) is 4.48. The normalized spacial score (nSPS) is 11.0. The Balaban J connectivity index is 1.80. The third-order valence-corrected chi connectivity index (χ3v) is 4.39. The average molecular weight is 341 g/mol. The molecule has 130 valence electrons. The predicted octanol–water partition coefficient (Wildman–Crippen LogP) is 5.22. The lowest BCUT2D eigenvalue weighted by Crippen LogP contribution is -2.27. The second-order valence-electron chi connectivity index (χ2n) is 6.46. The van der Waals surface area contributed by atoms with Gasteiger partial charge in [-0.2, -0.15) is 0 Å². The van der Waals surface area contributed by atoms with E-state index in [9.17, 15) is 4.79 Å². The van der Waals surface area contributed by atoms with Crippen molar-refractivity contribution in [2.75, 3.05) is 0 Å². The van der Waals surface area contributed by atoms with E-state index < -0.39 is 0 Å². The van der Waals surface area contributed by atoms with Gasteiger partial charge in [0.15, 0.2) is 0 Å². The molecular formula is C24H23NO. The van der Waals surface area contributed by atoms with Crippen molar-refractivity contribution in [3.05, 3.63) is 113 Å². The largest absolute Gasteiger partial charge is 0.342 e. The van der Waals surface area contributed by atoms with Crippen molar-refractivity contribution in [2.24, 2.45) is 0 Å². The molecule has 1 N–H and O–H groups in total. The monoisotopic (exact) mass is 341 g/mol. The minimum atomic E-state index is -0.173. The zero-order valence-electron chi connectivity index (χ0n) is 15.1. The molecule has 0 saturated heterocycles. The number of hydrogen-bond acceptors (Lipinski definition) is 1. The Morgan fingerprint density at radius 1 is 0.846 bits per heavy atom. The van der Waals surface area contributed by atoms with Crippen LogP contribution < -0.4 is 5.32 Å². The molecule has 0 radical (unpaired) electrons. The standard InChI is InChI=1S/C24H23NO/c1-18-13-14-20(19(2)17-18)15-16-23(26)25-24(21-9-5-3-6-10-21)22-11-7-4-8-12-22/h3-17,24H,1-2H3,(H,25,26). The molecule has 0 fully saturated rings. The van der Waals surface area contributed by atoms with Crippen LogP contribution in [0.5, 0.6) is 0 Å². The topological polar surface area (TPSA) is 29.1 Å². The van der Waals surface area contributed by atoms with Crippen LogP contribution in [0.3, 0.4) is 0 Å². The summed E-state index contributed by atoms with van der Waals surface area (Å²) in [4.78, 5) is 12.6. The van der Waals surface area contributed by atoms with Crippen molar-refractivity contribution < 1.29 is 4.79 Å². The first kappa shape index (κ1) is 17.7. The Hall–Kier alpha value is -3.13. The van der Waals surface area contributed by atoms with Crippen molar-refractivity contribution >= 4 is 12.0 Å². The highest BCUT2D eigenvalue weighted by atomic mass is 16.1. The molecule has 3 rings (SSSR count). The third-order valence-electron chi connectivity index (χ3n) is 4.39. The van der Waals surface area contributed by atoms with Gasteiger partial charge in [0.05, 0.1) is 6.04 Å². The first-order valence-corrected chi connectivity index (χ1v) is 8.79. The predicted molar refractivity (Wildman–Crippen MR) is 108 cm³/mol. The van der Waals surface area contributed by atoms with Gasteiger partial charge in [-0.1, -0.05) is 84.4 Å². The van der Waals surface area contributed by atoms with Gasteiger partial charge in [-0.05, 0) is 42.2 Å². The van der Waals surface area contributed by atoms with Crippen LogP contribution in [0.1, 0.15) is 33.9 Å². The van der Waals surface area contributed by atoms with Gasteiger partial charge in [0.25, 0.3) is 0 Å². The Kier molecular flexibility index (Phi) is 5.65. The summed E-state index contributed by atoms with van der Waals surface area (Å²) in [5, 5.41) is 3.12. The minimum Gasteiger partial charge on any atom is -0.342 e. The Morgan fingerprint density at radius 3 is 1.96 bits per heavy atom. The number of nitrogens with one attached hydrogen (secondary N) is 1. The smallest absolute Gasteiger partial charge is 0.244 e. The van der Waals surface area contributed by atoms with Crippen molar-refractivity contribution in [1.29, 1.82) is 0 Å². The van der Waals surface area contributed by atoms with E-state index in [2.05, 4.69) is 31.3 Å². The number of hydrogen-bond donors (Lipinski definition) is 1. The van der Waals surface area contributed by atoms with E-state index in [1.54, 1.807) is 6.08 Å². The Bertz CT molecular complexity index is 859. The molecule has 0 aromatic heterocycles. The lowest BCUT2D eigenvalue weighted by atomic mass is 9.98. The maximum absolute atomic E-state index is 12.6. The lowest BCUT2D eigenvalue weighted by molar-refractivity contribution is -0.116. The maximum atomic E-state index is 12.6. The number of amides is 1.